The van der Waals surface area contributed by atoms with Crippen molar-refractivity contribution in [2.45, 2.75) is 148 Å². The highest BCUT2D eigenvalue weighted by atomic mass is 31.2. The van der Waals surface area contributed by atoms with Crippen LogP contribution in [0.15, 0.2) is 72.9 Å². The van der Waals surface area contributed by atoms with Crippen molar-refractivity contribution in [1.29, 1.82) is 0 Å². The lowest BCUT2D eigenvalue weighted by Crippen LogP contribution is -2.29. The molecule has 0 aliphatic heterocycles. The van der Waals surface area contributed by atoms with E-state index in [1.54, 1.807) is 0 Å². The van der Waals surface area contributed by atoms with E-state index in [9.17, 15) is 14.2 Å². The predicted octanol–water partition coefficient (Wildman–Crippen LogP) is 10.7. The summed E-state index contributed by atoms with van der Waals surface area (Å²) in [6.45, 7) is 3.46. The molecule has 8 nitrogen and oxygen atoms in total. The number of carbonyl (C=O) groups is 2. The van der Waals surface area contributed by atoms with Crippen molar-refractivity contribution in [3.05, 3.63) is 72.9 Å². The molecule has 0 radical (unpaired) electrons. The van der Waals surface area contributed by atoms with Crippen molar-refractivity contribution >= 4 is 19.8 Å². The monoisotopic (exact) mass is 692 g/mol. The number of esters is 2. The van der Waals surface area contributed by atoms with E-state index >= 15 is 0 Å². The van der Waals surface area contributed by atoms with Crippen molar-refractivity contribution in [2.24, 2.45) is 0 Å². The molecule has 274 valence electrons. The first-order chi connectivity index (χ1) is 23.3. The van der Waals surface area contributed by atoms with Crippen molar-refractivity contribution < 1.29 is 37.9 Å². The number of phosphoric acid groups is 1. The lowest BCUT2D eigenvalue weighted by Gasteiger charge is -2.18. The average molecular weight is 693 g/mol. The summed E-state index contributed by atoms with van der Waals surface area (Å²) in [4.78, 5) is 42.7. The minimum absolute atomic E-state index is 0.186. The van der Waals surface area contributed by atoms with Crippen LogP contribution in [0.2, 0.25) is 0 Å². The van der Waals surface area contributed by atoms with E-state index in [1.807, 2.05) is 30.4 Å². The highest BCUT2D eigenvalue weighted by molar-refractivity contribution is 7.46. The van der Waals surface area contributed by atoms with Gasteiger partial charge in [0.1, 0.15) is 6.61 Å². The number of allylic oxidation sites excluding steroid dienone is 12. The highest BCUT2D eigenvalue weighted by Gasteiger charge is 2.22. The molecule has 0 bridgehead atoms. The van der Waals surface area contributed by atoms with Gasteiger partial charge < -0.3 is 19.3 Å². The number of hydrogen-bond donors (Lipinski definition) is 2. The Labute approximate surface area is 291 Å². The van der Waals surface area contributed by atoms with Crippen LogP contribution in [0, 0.1) is 0 Å². The van der Waals surface area contributed by atoms with Gasteiger partial charge in [0.05, 0.1) is 6.61 Å². The molecule has 0 aliphatic carbocycles. The quantitative estimate of drug-likeness (QED) is 0.0235. The van der Waals surface area contributed by atoms with E-state index in [-0.39, 0.29) is 19.4 Å². The summed E-state index contributed by atoms with van der Waals surface area (Å²) in [5.74, 6) is -0.937. The number of hydrogen-bond acceptors (Lipinski definition) is 6. The van der Waals surface area contributed by atoms with E-state index in [0.29, 0.717) is 12.8 Å². The molecule has 0 amide bonds. The van der Waals surface area contributed by atoms with Crippen molar-refractivity contribution in [3.63, 3.8) is 0 Å². The Bertz CT molecular complexity index is 1010. The maximum Gasteiger partial charge on any atom is 0.469 e. The van der Waals surface area contributed by atoms with Gasteiger partial charge in [-0.05, 0) is 64.2 Å². The van der Waals surface area contributed by atoms with E-state index < -0.39 is 32.5 Å². The molecule has 0 saturated carbocycles. The zero-order chi connectivity index (χ0) is 35.4. The topological polar surface area (TPSA) is 119 Å². The molecule has 2 N–H and O–H groups in total. The van der Waals surface area contributed by atoms with Crippen LogP contribution in [0.4, 0.5) is 0 Å². The van der Waals surface area contributed by atoms with Crippen LogP contribution in [0.3, 0.4) is 0 Å². The Morgan fingerprint density at radius 1 is 0.583 bits per heavy atom. The average Bonchev–Trinajstić information content (AvgIpc) is 3.05. The van der Waals surface area contributed by atoms with Gasteiger partial charge in [-0.3, -0.25) is 14.1 Å². The Kier molecular flexibility index (Phi) is 32.6. The van der Waals surface area contributed by atoms with Crippen LogP contribution < -0.4 is 0 Å². The zero-order valence-electron chi connectivity index (χ0n) is 29.9. The van der Waals surface area contributed by atoms with Crippen LogP contribution in [0.25, 0.3) is 0 Å². The first-order valence-corrected chi connectivity index (χ1v) is 19.8. The summed E-state index contributed by atoms with van der Waals surface area (Å²) in [6, 6.07) is 0. The normalized spacial score (nSPS) is 13.3. The van der Waals surface area contributed by atoms with Crippen LogP contribution >= 0.6 is 7.82 Å². The summed E-state index contributed by atoms with van der Waals surface area (Å²) >= 11 is 0. The lowest BCUT2D eigenvalue weighted by molar-refractivity contribution is -0.161. The molecule has 0 aromatic heterocycles. The summed E-state index contributed by atoms with van der Waals surface area (Å²) < 4.78 is 26.3. The third-order valence-electron chi connectivity index (χ3n) is 7.30. The SMILES string of the molecule is CC/C=C/C=C/C=C/C=C/CCCCCCCC(=O)OC[C@H](COP(=O)(O)O)OC(=O)CCCCCCC/C=C/C/C=C/CCCCC. The first kappa shape index (κ1) is 45.5. The number of unbranched alkanes of at least 4 members (excludes halogenated alkanes) is 13. The van der Waals surface area contributed by atoms with Gasteiger partial charge in [0.25, 0.3) is 0 Å². The molecule has 0 rings (SSSR count). The van der Waals surface area contributed by atoms with E-state index in [4.69, 9.17) is 19.3 Å². The minimum atomic E-state index is -4.76. The van der Waals surface area contributed by atoms with Gasteiger partial charge in [0.2, 0.25) is 0 Å². The number of carbonyl (C=O) groups excluding carboxylic acids is 2. The maximum atomic E-state index is 12.3. The fourth-order valence-corrected chi connectivity index (χ4v) is 4.95. The molecule has 0 aromatic rings. The summed E-state index contributed by atoms with van der Waals surface area (Å²) in [5, 5.41) is 0. The molecule has 0 spiro atoms. The fraction of sp³-hybridized carbons (Fsp3) is 0.641. The van der Waals surface area contributed by atoms with Crippen LogP contribution in [0.5, 0.6) is 0 Å². The molecule has 48 heavy (non-hydrogen) atoms. The maximum absolute atomic E-state index is 12.3. The minimum Gasteiger partial charge on any atom is -0.462 e. The van der Waals surface area contributed by atoms with E-state index in [0.717, 1.165) is 77.0 Å². The second kappa shape index (κ2) is 34.4. The number of rotatable bonds is 32. The molecule has 0 heterocycles. The Morgan fingerprint density at radius 3 is 1.67 bits per heavy atom. The van der Waals surface area contributed by atoms with Crippen LogP contribution in [-0.2, 0) is 28.2 Å². The van der Waals surface area contributed by atoms with Crippen molar-refractivity contribution in [3.8, 4) is 0 Å². The van der Waals surface area contributed by atoms with Gasteiger partial charge in [-0.2, -0.15) is 0 Å². The van der Waals surface area contributed by atoms with Gasteiger partial charge in [-0.25, -0.2) is 4.57 Å². The van der Waals surface area contributed by atoms with Crippen molar-refractivity contribution in [1.82, 2.24) is 0 Å². The van der Waals surface area contributed by atoms with Gasteiger partial charge in [0.15, 0.2) is 6.10 Å². The lowest BCUT2D eigenvalue weighted by atomic mass is 10.1. The van der Waals surface area contributed by atoms with Crippen LogP contribution in [-0.4, -0.2) is 41.0 Å². The molecular formula is C39H65O8P. The Hall–Kier alpha value is -2.51. The molecule has 9 heteroatoms. The number of phosphoric ester groups is 1. The van der Waals surface area contributed by atoms with E-state index in [1.165, 1.54) is 25.7 Å². The van der Waals surface area contributed by atoms with E-state index in [2.05, 4.69) is 60.9 Å². The molecule has 0 fully saturated rings. The predicted molar refractivity (Wildman–Crippen MR) is 197 cm³/mol. The molecule has 0 aromatic carbocycles. The zero-order valence-corrected chi connectivity index (χ0v) is 30.7. The second-order valence-corrected chi connectivity index (χ2v) is 13.1. The van der Waals surface area contributed by atoms with Gasteiger partial charge in [-0.1, -0.05) is 138 Å². The summed E-state index contributed by atoms with van der Waals surface area (Å²) in [7, 11) is -4.76. The summed E-state index contributed by atoms with van der Waals surface area (Å²) in [5.41, 5.74) is 0. The van der Waals surface area contributed by atoms with Gasteiger partial charge in [-0.15, -0.1) is 0 Å². The molecular weight excluding hydrogens is 627 g/mol. The second-order valence-electron chi connectivity index (χ2n) is 11.9. The number of ether oxygens (including phenoxy) is 2. The molecule has 0 saturated heterocycles. The Balaban J connectivity index is 4.07. The summed E-state index contributed by atoms with van der Waals surface area (Å²) in [6.07, 6.45) is 43.3. The molecule has 1 atom stereocenters. The van der Waals surface area contributed by atoms with Crippen molar-refractivity contribution in [2.75, 3.05) is 13.2 Å². The molecule has 0 aliphatic rings. The smallest absolute Gasteiger partial charge is 0.462 e. The third kappa shape index (κ3) is 36.3. The molecule has 0 unspecified atom stereocenters. The van der Waals surface area contributed by atoms with Gasteiger partial charge >= 0.3 is 19.8 Å². The fourth-order valence-electron chi connectivity index (χ4n) is 4.59. The standard InChI is InChI=1S/C39H65O8P/c1-3-5-7-9-11-13-15-17-19-21-23-25-27-29-31-33-38(40)45-35-37(36-46-48(42,43)44)47-39(41)34-32-30-28-26-24-22-20-18-16-14-12-10-8-6-4-2/h5,7,9,11-15,17-20,37H,3-4,6,8,10,16,21-36H2,1-2H3,(H2,42,43,44)/b7-5+,11-9+,14-12+,15-13+,19-17+,20-18+/t37-/m1/s1. The third-order valence-corrected chi connectivity index (χ3v) is 7.79. The first-order valence-electron chi connectivity index (χ1n) is 18.3. The largest absolute Gasteiger partial charge is 0.469 e. The van der Waals surface area contributed by atoms with Gasteiger partial charge in [0, 0.05) is 12.8 Å². The van der Waals surface area contributed by atoms with Crippen LogP contribution in [0.1, 0.15) is 142 Å². The Morgan fingerprint density at radius 2 is 1.08 bits per heavy atom. The highest BCUT2D eigenvalue weighted by Crippen LogP contribution is 2.35.